The van der Waals surface area contributed by atoms with Crippen molar-refractivity contribution in [3.8, 4) is 0 Å². The Balaban J connectivity index is 2.24. The van der Waals surface area contributed by atoms with E-state index in [9.17, 15) is 4.79 Å². The van der Waals surface area contributed by atoms with E-state index in [2.05, 4.69) is 4.98 Å². The molecule has 0 bridgehead atoms. The average molecular weight is 198 g/mol. The highest BCUT2D eigenvalue weighted by Crippen LogP contribution is 2.30. The molecule has 70 valence electrons. The van der Waals surface area contributed by atoms with Gasteiger partial charge in [-0.3, -0.25) is 4.79 Å². The number of nitrogens with two attached hydrogens (primary N) is 1. The van der Waals surface area contributed by atoms with Crippen LogP contribution in [0.5, 0.6) is 0 Å². The molecular formula is C8H10N2O2S. The van der Waals surface area contributed by atoms with Gasteiger partial charge in [-0.05, 0) is 19.3 Å². The van der Waals surface area contributed by atoms with E-state index in [1.54, 1.807) is 0 Å². The molecule has 0 saturated heterocycles. The molecule has 0 aliphatic heterocycles. The molecule has 0 fully saturated rings. The van der Waals surface area contributed by atoms with Crippen LogP contribution in [0.15, 0.2) is 0 Å². The molecule has 0 amide bonds. The van der Waals surface area contributed by atoms with Gasteiger partial charge in [0.1, 0.15) is 0 Å². The third-order valence-electron chi connectivity index (χ3n) is 2.31. The normalized spacial score (nSPS) is 21.1. The third kappa shape index (κ3) is 1.51. The average Bonchev–Trinajstić information content (AvgIpc) is 2.42. The molecule has 1 aromatic heterocycles. The topological polar surface area (TPSA) is 76.2 Å². The van der Waals surface area contributed by atoms with Gasteiger partial charge in [0, 0.05) is 4.88 Å². The molecule has 0 saturated carbocycles. The zero-order chi connectivity index (χ0) is 9.42. The molecule has 1 atom stereocenters. The lowest BCUT2D eigenvalue weighted by Crippen LogP contribution is -2.21. The number of carbonyl (C=O) groups is 1. The third-order valence-corrected chi connectivity index (χ3v) is 3.25. The second kappa shape index (κ2) is 2.99. The summed E-state index contributed by atoms with van der Waals surface area (Å²) in [6.07, 6.45) is 2.03. The Morgan fingerprint density at radius 2 is 2.46 bits per heavy atom. The van der Waals surface area contributed by atoms with E-state index in [1.807, 2.05) is 0 Å². The summed E-state index contributed by atoms with van der Waals surface area (Å²) in [4.78, 5) is 15.9. The Morgan fingerprint density at radius 3 is 3.15 bits per heavy atom. The van der Waals surface area contributed by atoms with Gasteiger partial charge in [-0.2, -0.15) is 0 Å². The summed E-state index contributed by atoms with van der Waals surface area (Å²) < 4.78 is 0. The Morgan fingerprint density at radius 1 is 1.69 bits per heavy atom. The summed E-state index contributed by atoms with van der Waals surface area (Å²) in [5.74, 6) is -0.954. The number of carboxylic acids is 1. The number of aromatic nitrogens is 1. The minimum atomic E-state index is -0.711. The number of nitrogens with zero attached hydrogens (tertiary/aromatic N) is 1. The number of anilines is 1. The fourth-order valence-electron chi connectivity index (χ4n) is 1.61. The first-order chi connectivity index (χ1) is 6.16. The second-order valence-electron chi connectivity index (χ2n) is 3.20. The van der Waals surface area contributed by atoms with Gasteiger partial charge in [0.25, 0.3) is 0 Å². The van der Waals surface area contributed by atoms with Gasteiger partial charge in [0.05, 0.1) is 11.6 Å². The van der Waals surface area contributed by atoms with Gasteiger partial charge in [-0.1, -0.05) is 0 Å². The van der Waals surface area contributed by atoms with Crippen molar-refractivity contribution >= 4 is 22.4 Å². The first-order valence-electron chi connectivity index (χ1n) is 4.13. The minimum absolute atomic E-state index is 0.243. The van der Waals surface area contributed by atoms with Gasteiger partial charge in [-0.15, -0.1) is 11.3 Å². The van der Waals surface area contributed by atoms with E-state index in [1.165, 1.54) is 11.3 Å². The van der Waals surface area contributed by atoms with Crippen molar-refractivity contribution in [2.75, 3.05) is 5.73 Å². The van der Waals surface area contributed by atoms with Crippen LogP contribution in [0.3, 0.4) is 0 Å². The van der Waals surface area contributed by atoms with E-state index in [-0.39, 0.29) is 5.92 Å². The summed E-state index contributed by atoms with van der Waals surface area (Å²) in [7, 11) is 0. The molecule has 4 nitrogen and oxygen atoms in total. The molecule has 0 radical (unpaired) electrons. The highest BCUT2D eigenvalue weighted by atomic mass is 32.1. The van der Waals surface area contributed by atoms with Gasteiger partial charge < -0.3 is 10.8 Å². The van der Waals surface area contributed by atoms with E-state index >= 15 is 0 Å². The standard InChI is InChI=1S/C8H10N2O2S/c9-8-10-5-2-1-4(7(11)12)3-6(5)13-8/h4H,1-3H2,(H2,9,10)(H,11,12)/t4-/m1/s1. The largest absolute Gasteiger partial charge is 0.481 e. The molecular weight excluding hydrogens is 188 g/mol. The zero-order valence-corrected chi connectivity index (χ0v) is 7.80. The molecule has 0 aromatic carbocycles. The van der Waals surface area contributed by atoms with Crippen molar-refractivity contribution in [1.82, 2.24) is 4.98 Å². The molecule has 0 spiro atoms. The van der Waals surface area contributed by atoms with Crippen LogP contribution in [-0.4, -0.2) is 16.1 Å². The van der Waals surface area contributed by atoms with E-state index in [0.717, 1.165) is 17.0 Å². The van der Waals surface area contributed by atoms with E-state index in [0.29, 0.717) is 18.0 Å². The number of nitrogen functional groups attached to an aromatic ring is 1. The summed E-state index contributed by atoms with van der Waals surface area (Å²) >= 11 is 1.41. The highest BCUT2D eigenvalue weighted by Gasteiger charge is 2.26. The molecule has 1 heterocycles. The minimum Gasteiger partial charge on any atom is -0.481 e. The van der Waals surface area contributed by atoms with E-state index in [4.69, 9.17) is 10.8 Å². The summed E-state index contributed by atoms with van der Waals surface area (Å²) in [6, 6.07) is 0. The lowest BCUT2D eigenvalue weighted by molar-refractivity contribution is -0.142. The monoisotopic (exact) mass is 198 g/mol. The van der Waals surface area contributed by atoms with Crippen molar-refractivity contribution in [2.45, 2.75) is 19.3 Å². The van der Waals surface area contributed by atoms with Crippen LogP contribution in [0.1, 0.15) is 17.0 Å². The van der Waals surface area contributed by atoms with Crippen LogP contribution in [0, 0.1) is 5.92 Å². The maximum Gasteiger partial charge on any atom is 0.306 e. The van der Waals surface area contributed by atoms with Gasteiger partial charge in [0.2, 0.25) is 0 Å². The quantitative estimate of drug-likeness (QED) is 0.703. The first kappa shape index (κ1) is 8.50. The first-order valence-corrected chi connectivity index (χ1v) is 4.95. The molecule has 2 rings (SSSR count). The van der Waals surface area contributed by atoms with Crippen LogP contribution in [0.4, 0.5) is 5.13 Å². The number of aliphatic carboxylic acids is 1. The number of carboxylic acid groups (broad SMARTS) is 1. The van der Waals surface area contributed by atoms with Crippen molar-refractivity contribution in [2.24, 2.45) is 5.92 Å². The van der Waals surface area contributed by atoms with Crippen LogP contribution < -0.4 is 5.73 Å². The fourth-order valence-corrected chi connectivity index (χ4v) is 2.56. The zero-order valence-electron chi connectivity index (χ0n) is 6.99. The van der Waals surface area contributed by atoms with Crippen molar-refractivity contribution in [1.29, 1.82) is 0 Å². The fraction of sp³-hybridized carbons (Fsp3) is 0.500. The maximum absolute atomic E-state index is 10.7. The van der Waals surface area contributed by atoms with Gasteiger partial charge in [0.15, 0.2) is 5.13 Å². The van der Waals surface area contributed by atoms with Gasteiger partial charge in [-0.25, -0.2) is 4.98 Å². The highest BCUT2D eigenvalue weighted by molar-refractivity contribution is 7.15. The van der Waals surface area contributed by atoms with Crippen LogP contribution in [0.2, 0.25) is 0 Å². The second-order valence-corrected chi connectivity index (χ2v) is 4.32. The van der Waals surface area contributed by atoms with Crippen LogP contribution in [0.25, 0.3) is 0 Å². The Kier molecular flexibility index (Phi) is 1.95. The Labute approximate surface area is 79.4 Å². The molecule has 1 aliphatic carbocycles. The lowest BCUT2D eigenvalue weighted by atomic mass is 9.91. The number of hydrogen-bond acceptors (Lipinski definition) is 4. The molecule has 5 heteroatoms. The molecule has 1 aliphatic rings. The molecule has 0 unspecified atom stereocenters. The van der Waals surface area contributed by atoms with Crippen molar-refractivity contribution < 1.29 is 9.90 Å². The maximum atomic E-state index is 10.7. The van der Waals surface area contributed by atoms with Crippen LogP contribution in [-0.2, 0) is 17.6 Å². The summed E-state index contributed by atoms with van der Waals surface area (Å²) in [5, 5.41) is 9.38. The predicted octanol–water partition coefficient (Wildman–Crippen LogP) is 0.915. The van der Waals surface area contributed by atoms with Crippen LogP contribution >= 0.6 is 11.3 Å². The number of fused-ring (bicyclic) bond motifs is 1. The van der Waals surface area contributed by atoms with E-state index < -0.39 is 5.97 Å². The molecule has 13 heavy (non-hydrogen) atoms. The molecule has 3 N–H and O–H groups in total. The molecule has 1 aromatic rings. The summed E-state index contributed by atoms with van der Waals surface area (Å²) in [6.45, 7) is 0. The summed E-state index contributed by atoms with van der Waals surface area (Å²) in [5.41, 5.74) is 6.54. The Hall–Kier alpha value is -1.10. The lowest BCUT2D eigenvalue weighted by Gasteiger charge is -2.16. The number of aryl methyl sites for hydroxylation is 1. The Bertz CT molecular complexity index is 348. The number of rotatable bonds is 1. The number of hydrogen-bond donors (Lipinski definition) is 2. The van der Waals surface area contributed by atoms with Crippen molar-refractivity contribution in [3.05, 3.63) is 10.6 Å². The smallest absolute Gasteiger partial charge is 0.306 e. The predicted molar refractivity (Wildman–Crippen MR) is 49.7 cm³/mol. The van der Waals surface area contributed by atoms with Crippen molar-refractivity contribution in [3.63, 3.8) is 0 Å². The SMILES string of the molecule is Nc1nc2c(s1)C[C@H](C(=O)O)CC2. The number of thiazole rings is 1. The van der Waals surface area contributed by atoms with Gasteiger partial charge >= 0.3 is 5.97 Å².